The summed E-state index contributed by atoms with van der Waals surface area (Å²) in [6, 6.07) is 1.95. The van der Waals surface area contributed by atoms with Gasteiger partial charge in [-0.25, -0.2) is 22.8 Å². The van der Waals surface area contributed by atoms with Crippen molar-refractivity contribution in [3.8, 4) is 0 Å². The van der Waals surface area contributed by atoms with Crippen LogP contribution in [0.15, 0.2) is 23.8 Å². The van der Waals surface area contributed by atoms with Gasteiger partial charge >= 0.3 is 0 Å². The van der Waals surface area contributed by atoms with Crippen LogP contribution in [0.5, 0.6) is 0 Å². The Morgan fingerprint density at radius 3 is 2.79 bits per heavy atom. The number of aromatic nitrogens is 2. The van der Waals surface area contributed by atoms with Crippen molar-refractivity contribution in [1.29, 1.82) is 0 Å². The molecule has 0 radical (unpaired) electrons. The lowest BCUT2D eigenvalue weighted by atomic mass is 10.2. The number of nitrogens with one attached hydrogen (secondary N) is 1. The molecule has 8 nitrogen and oxygen atoms in total. The Morgan fingerprint density at radius 1 is 1.38 bits per heavy atom. The van der Waals surface area contributed by atoms with E-state index in [-0.39, 0.29) is 28.3 Å². The van der Waals surface area contributed by atoms with Gasteiger partial charge in [0.05, 0.1) is 32.2 Å². The molecule has 0 atom stereocenters. The summed E-state index contributed by atoms with van der Waals surface area (Å²) in [7, 11) is -4.38. The fraction of sp³-hybridized carbons (Fsp3) is 0.188. The summed E-state index contributed by atoms with van der Waals surface area (Å²) in [5.74, 6) is -2.45. The van der Waals surface area contributed by atoms with E-state index in [1.807, 2.05) is 0 Å². The maximum absolute atomic E-state index is 14.8. The number of nitrogens with two attached hydrogens (primary N) is 1. The van der Waals surface area contributed by atoms with E-state index in [0.717, 1.165) is 23.5 Å². The van der Waals surface area contributed by atoms with Gasteiger partial charge in [0.25, 0.3) is 15.9 Å². The first-order valence-corrected chi connectivity index (χ1v) is 11.0. The van der Waals surface area contributed by atoms with Gasteiger partial charge in [0.2, 0.25) is 0 Å². The molecule has 0 bridgehead atoms. The first kappa shape index (κ1) is 21.1. The molecular formula is C16H14ClF2N5O3S2. The number of sulfonamides is 1. The van der Waals surface area contributed by atoms with Crippen LogP contribution in [-0.4, -0.2) is 30.0 Å². The molecule has 0 spiro atoms. The van der Waals surface area contributed by atoms with Crippen LogP contribution in [0.2, 0.25) is 5.02 Å². The third-order valence-electron chi connectivity index (χ3n) is 3.83. The number of halogens is 3. The molecule has 0 fully saturated rings. The van der Waals surface area contributed by atoms with Crippen LogP contribution in [0.3, 0.4) is 0 Å². The Balaban J connectivity index is 1.99. The third kappa shape index (κ3) is 3.95. The van der Waals surface area contributed by atoms with Crippen LogP contribution in [0, 0.1) is 5.82 Å². The maximum atomic E-state index is 14.8. The molecule has 1 amide bonds. The zero-order chi connectivity index (χ0) is 21.3. The molecule has 0 aliphatic heterocycles. The molecule has 3 N–H and O–H groups in total. The highest BCUT2D eigenvalue weighted by molar-refractivity contribution is 7.92. The monoisotopic (exact) mass is 461 g/mol. The third-order valence-corrected chi connectivity index (χ3v) is 6.75. The van der Waals surface area contributed by atoms with Gasteiger partial charge in [-0.2, -0.15) is 0 Å². The zero-order valence-corrected chi connectivity index (χ0v) is 17.2. The molecule has 3 aromatic rings. The minimum Gasteiger partial charge on any atom is -0.382 e. The van der Waals surface area contributed by atoms with Crippen molar-refractivity contribution in [2.75, 3.05) is 21.3 Å². The van der Waals surface area contributed by atoms with Crippen LogP contribution < -0.4 is 15.6 Å². The van der Waals surface area contributed by atoms with E-state index in [4.69, 9.17) is 17.3 Å². The number of hydrogen-bond donors (Lipinski definition) is 2. The van der Waals surface area contributed by atoms with Gasteiger partial charge in [-0.05, 0) is 18.6 Å². The smallest absolute Gasteiger partial charge is 0.261 e. The van der Waals surface area contributed by atoms with Crippen molar-refractivity contribution in [2.24, 2.45) is 0 Å². The molecule has 154 valence electrons. The Labute approximate surface area is 173 Å². The quantitative estimate of drug-likeness (QED) is 0.540. The van der Waals surface area contributed by atoms with Crippen molar-refractivity contribution in [3.63, 3.8) is 0 Å². The highest BCUT2D eigenvalue weighted by Crippen LogP contribution is 2.35. The first-order valence-electron chi connectivity index (χ1n) is 8.13. The van der Waals surface area contributed by atoms with E-state index in [1.165, 1.54) is 18.6 Å². The van der Waals surface area contributed by atoms with Gasteiger partial charge in [-0.3, -0.25) is 4.79 Å². The number of nitrogen functional groups attached to an aromatic ring is 1. The SMILES string of the molecule is CCCS(=O)(=O)N(F)c1ccc(Cl)c(NC(=O)c2csc3c(N)ncnc23)c1F. The van der Waals surface area contributed by atoms with E-state index >= 15 is 0 Å². The average Bonchev–Trinajstić information content (AvgIpc) is 3.10. The molecule has 0 aliphatic carbocycles. The molecule has 0 unspecified atom stereocenters. The van der Waals surface area contributed by atoms with Gasteiger partial charge in [-0.15, -0.1) is 11.3 Å². The lowest BCUT2D eigenvalue weighted by Crippen LogP contribution is -2.26. The number of fused-ring (bicyclic) bond motifs is 1. The van der Waals surface area contributed by atoms with Crippen molar-refractivity contribution in [1.82, 2.24) is 9.97 Å². The molecule has 0 saturated heterocycles. The summed E-state index contributed by atoms with van der Waals surface area (Å²) in [5, 5.41) is 3.45. The summed E-state index contributed by atoms with van der Waals surface area (Å²) in [6.07, 6.45) is 1.31. The van der Waals surface area contributed by atoms with Gasteiger partial charge < -0.3 is 11.1 Å². The molecule has 2 heterocycles. The summed E-state index contributed by atoms with van der Waals surface area (Å²) in [5.41, 5.74) is 4.61. The van der Waals surface area contributed by atoms with Gasteiger partial charge in [-0.1, -0.05) is 27.5 Å². The Hall–Kier alpha value is -2.57. The molecule has 29 heavy (non-hydrogen) atoms. The maximum Gasteiger partial charge on any atom is 0.261 e. The van der Waals surface area contributed by atoms with Crippen molar-refractivity contribution >= 4 is 66.3 Å². The number of carbonyl (C=O) groups is 1. The standard InChI is InChI=1S/C16H14ClF2N5O3S2/c1-2-5-29(26,27)24(19)10-4-3-9(17)13(11(10)18)23-16(25)8-6-28-14-12(8)21-7-22-15(14)20/h3-4,6-7H,2,5H2,1H3,(H,23,25)(H2,20,21,22). The van der Waals surface area contributed by atoms with Crippen LogP contribution >= 0.6 is 22.9 Å². The fourth-order valence-corrected chi connectivity index (χ4v) is 4.70. The van der Waals surface area contributed by atoms with Crippen LogP contribution in [0.1, 0.15) is 23.7 Å². The fourth-order valence-electron chi connectivity index (χ4n) is 2.49. The topological polar surface area (TPSA) is 118 Å². The van der Waals surface area contributed by atoms with E-state index < -0.39 is 43.4 Å². The number of hydrogen-bond acceptors (Lipinski definition) is 7. The van der Waals surface area contributed by atoms with Crippen LogP contribution in [0.4, 0.5) is 26.1 Å². The Bertz CT molecular complexity index is 1200. The number of amides is 1. The summed E-state index contributed by atoms with van der Waals surface area (Å²) in [6.45, 7) is 1.54. The Morgan fingerprint density at radius 2 is 2.10 bits per heavy atom. The van der Waals surface area contributed by atoms with Crippen molar-refractivity contribution in [3.05, 3.63) is 40.2 Å². The van der Waals surface area contributed by atoms with Crippen molar-refractivity contribution < 1.29 is 22.1 Å². The van der Waals surface area contributed by atoms with Gasteiger partial charge in [0, 0.05) is 5.38 Å². The molecular weight excluding hydrogens is 448 g/mol. The number of benzene rings is 1. The second-order valence-electron chi connectivity index (χ2n) is 5.83. The Kier molecular flexibility index (Phi) is 5.87. The van der Waals surface area contributed by atoms with Gasteiger partial charge in [0.1, 0.15) is 17.8 Å². The van der Waals surface area contributed by atoms with Crippen LogP contribution in [0.25, 0.3) is 10.2 Å². The minimum absolute atomic E-state index is 0.0793. The predicted molar refractivity (Wildman–Crippen MR) is 109 cm³/mol. The normalized spacial score (nSPS) is 11.6. The van der Waals surface area contributed by atoms with E-state index in [0.29, 0.717) is 4.70 Å². The van der Waals surface area contributed by atoms with Crippen LogP contribution in [-0.2, 0) is 10.0 Å². The second kappa shape index (κ2) is 8.05. The number of thiophene rings is 1. The molecule has 13 heteroatoms. The minimum atomic E-state index is -4.38. The number of carbonyl (C=O) groups excluding carboxylic acids is 1. The second-order valence-corrected chi connectivity index (χ2v) is 9.01. The zero-order valence-electron chi connectivity index (χ0n) is 14.8. The molecule has 0 saturated carbocycles. The molecule has 0 aliphatic rings. The lowest BCUT2D eigenvalue weighted by molar-refractivity contribution is 0.102. The number of nitrogens with zero attached hydrogens (tertiary/aromatic N) is 3. The van der Waals surface area contributed by atoms with E-state index in [9.17, 15) is 22.1 Å². The average molecular weight is 462 g/mol. The summed E-state index contributed by atoms with van der Waals surface area (Å²) < 4.78 is 52.8. The summed E-state index contributed by atoms with van der Waals surface area (Å²) >= 11 is 7.06. The summed E-state index contributed by atoms with van der Waals surface area (Å²) in [4.78, 5) is 20.4. The van der Waals surface area contributed by atoms with Crippen molar-refractivity contribution in [2.45, 2.75) is 13.3 Å². The highest BCUT2D eigenvalue weighted by Gasteiger charge is 2.28. The largest absolute Gasteiger partial charge is 0.382 e. The van der Waals surface area contributed by atoms with E-state index in [2.05, 4.69) is 15.3 Å². The highest BCUT2D eigenvalue weighted by atomic mass is 35.5. The number of rotatable bonds is 6. The molecule has 2 aromatic heterocycles. The van der Waals surface area contributed by atoms with Gasteiger partial charge in [0.15, 0.2) is 5.82 Å². The number of anilines is 3. The molecule has 3 rings (SSSR count). The predicted octanol–water partition coefficient (Wildman–Crippen LogP) is 3.75. The molecule has 1 aromatic carbocycles. The van der Waals surface area contributed by atoms with E-state index in [1.54, 1.807) is 0 Å². The lowest BCUT2D eigenvalue weighted by Gasteiger charge is -2.17. The first-order chi connectivity index (χ1) is 13.7.